The highest BCUT2D eigenvalue weighted by atomic mass is 35.5. The molecule has 5 nitrogen and oxygen atoms in total. The summed E-state index contributed by atoms with van der Waals surface area (Å²) < 4.78 is 27.5. The highest BCUT2D eigenvalue weighted by Crippen LogP contribution is 2.30. The molecule has 2 heterocycles. The second-order valence-electron chi connectivity index (χ2n) is 6.25. The Bertz CT molecular complexity index is 668. The third-order valence-corrected chi connectivity index (χ3v) is 8.16. The molecule has 1 amide bonds. The average molecular weight is 377 g/mol. The number of thiophene rings is 1. The molecule has 1 aromatic heterocycles. The number of carbonyl (C=O) groups excluding carboxylic acids is 1. The molecule has 1 aromatic rings. The zero-order valence-corrected chi connectivity index (χ0v) is 15.2. The summed E-state index contributed by atoms with van der Waals surface area (Å²) in [7, 11) is -3.55. The largest absolute Gasteiger partial charge is 0.353 e. The van der Waals surface area contributed by atoms with Crippen molar-refractivity contribution in [3.05, 3.63) is 16.5 Å². The summed E-state index contributed by atoms with van der Waals surface area (Å²) in [6.07, 6.45) is 5.85. The van der Waals surface area contributed by atoms with Crippen molar-refractivity contribution in [2.24, 2.45) is 5.92 Å². The van der Waals surface area contributed by atoms with Crippen LogP contribution in [0.4, 0.5) is 0 Å². The normalized spacial score (nSPS) is 24.0. The van der Waals surface area contributed by atoms with Gasteiger partial charge in [-0.2, -0.15) is 4.31 Å². The molecule has 1 atom stereocenters. The average Bonchev–Trinajstić information content (AvgIpc) is 3.19. The number of nitrogens with zero attached hydrogens (tertiary/aromatic N) is 1. The van der Waals surface area contributed by atoms with Gasteiger partial charge >= 0.3 is 0 Å². The fourth-order valence-corrected chi connectivity index (χ4v) is 6.49. The smallest absolute Gasteiger partial charge is 0.252 e. The fraction of sp³-hybridized carbons (Fsp3) is 0.667. The van der Waals surface area contributed by atoms with E-state index in [0.29, 0.717) is 17.3 Å². The molecule has 1 unspecified atom stereocenters. The van der Waals surface area contributed by atoms with Gasteiger partial charge < -0.3 is 5.32 Å². The van der Waals surface area contributed by atoms with Crippen molar-refractivity contribution in [1.82, 2.24) is 9.62 Å². The molecule has 8 heteroatoms. The van der Waals surface area contributed by atoms with Gasteiger partial charge in [-0.1, -0.05) is 24.4 Å². The summed E-state index contributed by atoms with van der Waals surface area (Å²) in [6.45, 7) is 0.724. The molecule has 0 bridgehead atoms. The Morgan fingerprint density at radius 1 is 1.22 bits per heavy atom. The summed E-state index contributed by atoms with van der Waals surface area (Å²) in [6, 6.07) is 3.39. The standard InChI is InChI=1S/C15H21ClN2O3S2/c16-13-7-8-14(22-13)23(20,21)18-9-3-4-11(10-18)15(19)17-12-5-1-2-6-12/h7-8,11-12H,1-6,9-10H2,(H,17,19). The van der Waals surface area contributed by atoms with Crippen molar-refractivity contribution >= 4 is 38.9 Å². The van der Waals surface area contributed by atoms with E-state index in [2.05, 4.69) is 5.32 Å². The van der Waals surface area contributed by atoms with Crippen molar-refractivity contribution < 1.29 is 13.2 Å². The first kappa shape index (κ1) is 17.2. The van der Waals surface area contributed by atoms with Gasteiger partial charge in [-0.3, -0.25) is 4.79 Å². The van der Waals surface area contributed by atoms with Gasteiger partial charge in [0, 0.05) is 19.1 Å². The Labute approximate surface area is 146 Å². The molecule has 0 radical (unpaired) electrons. The van der Waals surface area contributed by atoms with Crippen LogP contribution < -0.4 is 5.32 Å². The third-order valence-electron chi connectivity index (χ3n) is 4.60. The quantitative estimate of drug-likeness (QED) is 0.878. The van der Waals surface area contributed by atoms with Crippen LogP contribution in [0.15, 0.2) is 16.3 Å². The van der Waals surface area contributed by atoms with Gasteiger partial charge in [-0.15, -0.1) is 11.3 Å². The lowest BCUT2D eigenvalue weighted by molar-refractivity contribution is -0.126. The second kappa shape index (κ2) is 7.09. The monoisotopic (exact) mass is 376 g/mol. The molecular formula is C15H21ClN2O3S2. The summed E-state index contributed by atoms with van der Waals surface area (Å²) >= 11 is 6.91. The fourth-order valence-electron chi connectivity index (χ4n) is 3.33. The molecule has 1 aliphatic carbocycles. The van der Waals surface area contributed by atoms with E-state index in [0.717, 1.165) is 43.4 Å². The van der Waals surface area contributed by atoms with E-state index < -0.39 is 10.0 Å². The van der Waals surface area contributed by atoms with Gasteiger partial charge in [0.15, 0.2) is 0 Å². The van der Waals surface area contributed by atoms with Crippen LogP contribution in [0.2, 0.25) is 4.34 Å². The zero-order valence-electron chi connectivity index (χ0n) is 12.8. The number of carbonyl (C=O) groups is 1. The van der Waals surface area contributed by atoms with Gasteiger partial charge in [-0.05, 0) is 37.8 Å². The molecule has 3 rings (SSSR count). The maximum absolute atomic E-state index is 12.7. The highest BCUT2D eigenvalue weighted by Gasteiger charge is 2.34. The molecule has 1 N–H and O–H groups in total. The van der Waals surface area contributed by atoms with Crippen LogP contribution in [0.3, 0.4) is 0 Å². The summed E-state index contributed by atoms with van der Waals surface area (Å²) in [5.74, 6) is -0.254. The number of hydrogen-bond donors (Lipinski definition) is 1. The predicted molar refractivity (Wildman–Crippen MR) is 91.2 cm³/mol. The van der Waals surface area contributed by atoms with E-state index in [4.69, 9.17) is 11.6 Å². The van der Waals surface area contributed by atoms with Crippen LogP contribution in [0.1, 0.15) is 38.5 Å². The van der Waals surface area contributed by atoms with Crippen LogP contribution in [-0.4, -0.2) is 37.8 Å². The molecule has 1 aliphatic heterocycles. The van der Waals surface area contributed by atoms with Gasteiger partial charge in [0.2, 0.25) is 5.91 Å². The van der Waals surface area contributed by atoms with Crippen LogP contribution in [0, 0.1) is 5.92 Å². The molecule has 128 valence electrons. The molecule has 2 fully saturated rings. The minimum atomic E-state index is -3.55. The Hall–Kier alpha value is -0.630. The van der Waals surface area contributed by atoms with E-state index in [1.807, 2.05) is 0 Å². The lowest BCUT2D eigenvalue weighted by atomic mass is 9.98. The molecule has 1 saturated carbocycles. The highest BCUT2D eigenvalue weighted by molar-refractivity contribution is 7.91. The predicted octanol–water partition coefficient (Wildman–Crippen LogP) is 2.86. The number of hydrogen-bond acceptors (Lipinski definition) is 4. The first-order chi connectivity index (χ1) is 11.0. The van der Waals surface area contributed by atoms with E-state index in [9.17, 15) is 13.2 Å². The first-order valence-electron chi connectivity index (χ1n) is 8.02. The van der Waals surface area contributed by atoms with Crippen molar-refractivity contribution in [2.45, 2.75) is 48.8 Å². The maximum Gasteiger partial charge on any atom is 0.252 e. The van der Waals surface area contributed by atoms with Crippen molar-refractivity contribution in [1.29, 1.82) is 0 Å². The molecule has 0 aromatic carbocycles. The minimum absolute atomic E-state index is 0.000937. The molecule has 1 saturated heterocycles. The maximum atomic E-state index is 12.7. The summed E-state index contributed by atoms with van der Waals surface area (Å²) in [5, 5.41) is 3.09. The minimum Gasteiger partial charge on any atom is -0.353 e. The summed E-state index contributed by atoms with van der Waals surface area (Å²) in [4.78, 5) is 12.4. The van der Waals surface area contributed by atoms with Crippen molar-refractivity contribution in [3.8, 4) is 0 Å². The van der Waals surface area contributed by atoms with Crippen molar-refractivity contribution in [3.63, 3.8) is 0 Å². The lowest BCUT2D eigenvalue weighted by Crippen LogP contribution is -2.47. The SMILES string of the molecule is O=C(NC1CCCC1)C1CCCN(S(=O)(=O)c2ccc(Cl)s2)C1. The van der Waals surface area contributed by atoms with Crippen LogP contribution >= 0.6 is 22.9 Å². The molecular weight excluding hydrogens is 356 g/mol. The molecule has 23 heavy (non-hydrogen) atoms. The van der Waals surface area contributed by atoms with Gasteiger partial charge in [0.25, 0.3) is 10.0 Å². The van der Waals surface area contributed by atoms with Gasteiger partial charge in [0.05, 0.1) is 10.3 Å². The number of halogens is 1. The third kappa shape index (κ3) is 3.90. The summed E-state index contributed by atoms with van der Waals surface area (Å²) in [5.41, 5.74) is 0. The number of piperidine rings is 1. The first-order valence-corrected chi connectivity index (χ1v) is 10.7. The number of amides is 1. The van der Waals surface area contributed by atoms with E-state index in [-0.39, 0.29) is 28.6 Å². The zero-order chi connectivity index (χ0) is 16.4. The van der Waals surface area contributed by atoms with Gasteiger partial charge in [0.1, 0.15) is 4.21 Å². The van der Waals surface area contributed by atoms with E-state index in [1.54, 1.807) is 6.07 Å². The molecule has 2 aliphatic rings. The number of sulfonamides is 1. The number of nitrogens with one attached hydrogen (secondary N) is 1. The molecule has 0 spiro atoms. The van der Waals surface area contributed by atoms with Crippen molar-refractivity contribution in [2.75, 3.05) is 13.1 Å². The van der Waals surface area contributed by atoms with Gasteiger partial charge in [-0.25, -0.2) is 8.42 Å². The lowest BCUT2D eigenvalue weighted by Gasteiger charge is -2.31. The van der Waals surface area contributed by atoms with E-state index in [1.165, 1.54) is 10.4 Å². The second-order valence-corrected chi connectivity index (χ2v) is 10.1. The Balaban J connectivity index is 1.66. The number of rotatable bonds is 4. The van der Waals surface area contributed by atoms with Crippen LogP contribution in [0.5, 0.6) is 0 Å². The van der Waals surface area contributed by atoms with Crippen LogP contribution in [0.25, 0.3) is 0 Å². The topological polar surface area (TPSA) is 66.5 Å². The Morgan fingerprint density at radius 3 is 2.61 bits per heavy atom. The Kier molecular flexibility index (Phi) is 5.30. The van der Waals surface area contributed by atoms with E-state index >= 15 is 0 Å². The Morgan fingerprint density at radius 2 is 1.96 bits per heavy atom. The van der Waals surface area contributed by atoms with Crippen LogP contribution in [-0.2, 0) is 14.8 Å².